The smallest absolute Gasteiger partial charge is 0.244 e. The van der Waals surface area contributed by atoms with Crippen molar-refractivity contribution in [3.8, 4) is 0 Å². The zero-order valence-corrected chi connectivity index (χ0v) is 10.8. The number of benzene rings is 2. The lowest BCUT2D eigenvalue weighted by atomic mass is 10.1. The maximum Gasteiger partial charge on any atom is 0.244 e. The second-order valence-corrected chi connectivity index (χ2v) is 4.23. The number of carbonyl (C=O) groups is 1. The van der Waals surface area contributed by atoms with Crippen LogP contribution >= 0.6 is 0 Å². The molecule has 0 unspecified atom stereocenters. The maximum absolute atomic E-state index is 13.3. The van der Waals surface area contributed by atoms with Gasteiger partial charge in [0.25, 0.3) is 0 Å². The summed E-state index contributed by atoms with van der Waals surface area (Å²) in [6.07, 6.45) is 0.880. The molecule has 0 bridgehead atoms. The molecule has 0 heterocycles. The topological polar surface area (TPSA) is 41.5 Å². The first-order valence-electron chi connectivity index (χ1n) is 6.06. The van der Waals surface area contributed by atoms with Gasteiger partial charge in [0.15, 0.2) is 0 Å². The van der Waals surface area contributed by atoms with Gasteiger partial charge < -0.3 is 0 Å². The van der Waals surface area contributed by atoms with Gasteiger partial charge in [-0.25, -0.2) is 18.6 Å². The summed E-state index contributed by atoms with van der Waals surface area (Å²) in [5, 5.41) is 3.50. The van der Waals surface area contributed by atoms with Crippen LogP contribution < -0.4 is 5.43 Å². The van der Waals surface area contributed by atoms with Crippen LogP contribution in [-0.2, 0) is 11.2 Å². The molecule has 2 rings (SSSR count). The lowest BCUT2D eigenvalue weighted by Crippen LogP contribution is -2.20. The minimum absolute atomic E-state index is 0.0165. The largest absolute Gasteiger partial charge is 0.273 e. The number of nitrogens with zero attached hydrogens (tertiary/aromatic N) is 1. The van der Waals surface area contributed by atoms with Crippen molar-refractivity contribution in [2.24, 2.45) is 5.10 Å². The second kappa shape index (κ2) is 6.69. The molecule has 0 radical (unpaired) electrons. The molecule has 1 amide bonds. The first-order valence-corrected chi connectivity index (χ1v) is 6.06. The average molecular weight is 292 g/mol. The fourth-order valence-electron chi connectivity index (χ4n) is 1.63. The lowest BCUT2D eigenvalue weighted by Gasteiger charge is -2.01. The highest BCUT2D eigenvalue weighted by Gasteiger charge is 2.06. The molecule has 21 heavy (non-hydrogen) atoms. The predicted octanol–water partition coefficient (Wildman–Crippen LogP) is 2.80. The Morgan fingerprint density at radius 2 is 1.67 bits per heavy atom. The molecule has 3 nitrogen and oxygen atoms in total. The average Bonchev–Trinajstić information content (AvgIpc) is 2.45. The van der Waals surface area contributed by atoms with E-state index in [9.17, 15) is 18.0 Å². The molecule has 0 spiro atoms. The molecule has 1 N–H and O–H groups in total. The van der Waals surface area contributed by atoms with Crippen molar-refractivity contribution < 1.29 is 18.0 Å². The van der Waals surface area contributed by atoms with Crippen LogP contribution in [0.4, 0.5) is 13.2 Å². The molecule has 6 heteroatoms. The molecule has 0 aliphatic rings. The van der Waals surface area contributed by atoms with Crippen LogP contribution in [0.5, 0.6) is 0 Å². The number of hydrazone groups is 1. The van der Waals surface area contributed by atoms with E-state index in [-0.39, 0.29) is 12.0 Å². The molecule has 0 saturated carbocycles. The lowest BCUT2D eigenvalue weighted by molar-refractivity contribution is -0.120. The molecular formula is C15H11F3N2O. The normalized spacial score (nSPS) is 10.8. The van der Waals surface area contributed by atoms with Crippen molar-refractivity contribution in [2.45, 2.75) is 6.42 Å². The van der Waals surface area contributed by atoms with E-state index in [1.165, 1.54) is 30.3 Å². The van der Waals surface area contributed by atoms with Gasteiger partial charge in [0, 0.05) is 0 Å². The van der Waals surface area contributed by atoms with Gasteiger partial charge in [-0.2, -0.15) is 5.10 Å². The molecule has 108 valence electrons. The quantitative estimate of drug-likeness (QED) is 0.683. The van der Waals surface area contributed by atoms with Crippen molar-refractivity contribution >= 4 is 12.1 Å². The van der Waals surface area contributed by atoms with E-state index in [0.717, 1.165) is 18.3 Å². The fraction of sp³-hybridized carbons (Fsp3) is 0.0667. The molecule has 2 aromatic carbocycles. The Bertz CT molecular complexity index is 649. The maximum atomic E-state index is 13.3. The van der Waals surface area contributed by atoms with Crippen molar-refractivity contribution in [1.82, 2.24) is 5.43 Å². The zero-order valence-electron chi connectivity index (χ0n) is 10.8. The van der Waals surface area contributed by atoms with E-state index in [1.807, 2.05) is 0 Å². The second-order valence-electron chi connectivity index (χ2n) is 4.23. The van der Waals surface area contributed by atoms with Crippen molar-refractivity contribution in [3.05, 3.63) is 71.0 Å². The Kier molecular flexibility index (Phi) is 4.71. The third-order valence-corrected chi connectivity index (χ3v) is 2.66. The third kappa shape index (κ3) is 4.17. The Morgan fingerprint density at radius 3 is 2.29 bits per heavy atom. The zero-order chi connectivity index (χ0) is 15.2. The van der Waals surface area contributed by atoms with Crippen molar-refractivity contribution in [2.75, 3.05) is 0 Å². The Labute approximate surface area is 119 Å². The van der Waals surface area contributed by atoms with Gasteiger partial charge in [0.1, 0.15) is 17.5 Å². The molecule has 0 aromatic heterocycles. The number of halogens is 3. The standard InChI is InChI=1S/C15H11F3N2O/c16-11-6-4-10(5-7-11)8-15(21)20-19-9-12-13(17)2-1-3-14(12)18/h1-7,9H,8H2,(H,20,21)/b19-9+. The van der Waals surface area contributed by atoms with Crippen LogP contribution in [0, 0.1) is 17.5 Å². The highest BCUT2D eigenvalue weighted by Crippen LogP contribution is 2.09. The summed E-state index contributed by atoms with van der Waals surface area (Å²) >= 11 is 0. The first kappa shape index (κ1) is 14.8. The number of carbonyl (C=O) groups excluding carboxylic acids is 1. The van der Waals surface area contributed by atoms with Crippen LogP contribution in [-0.4, -0.2) is 12.1 Å². The molecule has 0 aliphatic heterocycles. The molecule has 0 saturated heterocycles. The highest BCUT2D eigenvalue weighted by molar-refractivity contribution is 5.83. The molecule has 0 fully saturated rings. The van der Waals surface area contributed by atoms with Crippen LogP contribution in [0.3, 0.4) is 0 Å². The van der Waals surface area contributed by atoms with Gasteiger partial charge in [-0.1, -0.05) is 18.2 Å². The predicted molar refractivity (Wildman–Crippen MR) is 72.2 cm³/mol. The summed E-state index contributed by atoms with van der Waals surface area (Å²) < 4.78 is 39.3. The summed E-state index contributed by atoms with van der Waals surface area (Å²) in [5.74, 6) is -2.42. The van der Waals surface area contributed by atoms with Gasteiger partial charge >= 0.3 is 0 Å². The number of hydrogen-bond acceptors (Lipinski definition) is 2. The summed E-state index contributed by atoms with van der Waals surface area (Å²) in [6, 6.07) is 8.82. The van der Waals surface area contributed by atoms with E-state index in [0.29, 0.717) is 5.56 Å². The van der Waals surface area contributed by atoms with Gasteiger partial charge in [-0.15, -0.1) is 0 Å². The van der Waals surface area contributed by atoms with E-state index in [1.54, 1.807) is 0 Å². The molecule has 0 aliphatic carbocycles. The minimum Gasteiger partial charge on any atom is -0.273 e. The molecule has 0 atom stereocenters. The van der Waals surface area contributed by atoms with Gasteiger partial charge in [-0.3, -0.25) is 4.79 Å². The summed E-state index contributed by atoms with van der Waals surface area (Å²) in [7, 11) is 0. The number of amides is 1. The SMILES string of the molecule is O=C(Cc1ccc(F)cc1)N/N=C/c1c(F)cccc1F. The summed E-state index contributed by atoms with van der Waals surface area (Å²) in [5.41, 5.74) is 2.42. The highest BCUT2D eigenvalue weighted by atomic mass is 19.1. The summed E-state index contributed by atoms with van der Waals surface area (Å²) in [4.78, 5) is 11.6. The van der Waals surface area contributed by atoms with E-state index in [4.69, 9.17) is 0 Å². The Morgan fingerprint density at radius 1 is 1.05 bits per heavy atom. The van der Waals surface area contributed by atoms with E-state index in [2.05, 4.69) is 10.5 Å². The van der Waals surface area contributed by atoms with Crippen LogP contribution in [0.1, 0.15) is 11.1 Å². The summed E-state index contributed by atoms with van der Waals surface area (Å²) in [6.45, 7) is 0. The Balaban J connectivity index is 1.95. The minimum atomic E-state index is -0.772. The van der Waals surface area contributed by atoms with Crippen LogP contribution in [0.15, 0.2) is 47.6 Å². The van der Waals surface area contributed by atoms with Crippen LogP contribution in [0.25, 0.3) is 0 Å². The van der Waals surface area contributed by atoms with Gasteiger partial charge in [0.05, 0.1) is 18.2 Å². The van der Waals surface area contributed by atoms with Gasteiger partial charge in [-0.05, 0) is 29.8 Å². The molecular weight excluding hydrogens is 281 g/mol. The number of hydrogen-bond donors (Lipinski definition) is 1. The first-order chi connectivity index (χ1) is 10.1. The number of rotatable bonds is 4. The Hall–Kier alpha value is -2.63. The monoisotopic (exact) mass is 292 g/mol. The van der Waals surface area contributed by atoms with E-state index < -0.39 is 23.4 Å². The fourth-order valence-corrected chi connectivity index (χ4v) is 1.63. The van der Waals surface area contributed by atoms with Crippen molar-refractivity contribution in [3.63, 3.8) is 0 Å². The van der Waals surface area contributed by atoms with Crippen molar-refractivity contribution in [1.29, 1.82) is 0 Å². The van der Waals surface area contributed by atoms with E-state index >= 15 is 0 Å². The molecule has 2 aromatic rings. The third-order valence-electron chi connectivity index (χ3n) is 2.66. The van der Waals surface area contributed by atoms with Crippen LogP contribution in [0.2, 0.25) is 0 Å². The van der Waals surface area contributed by atoms with Gasteiger partial charge in [0.2, 0.25) is 5.91 Å². The number of nitrogens with one attached hydrogen (secondary N) is 1.